The van der Waals surface area contributed by atoms with Crippen molar-refractivity contribution in [2.75, 3.05) is 14.2 Å². The highest BCUT2D eigenvalue weighted by atomic mass is 16.5. The zero-order valence-electron chi connectivity index (χ0n) is 16.6. The molecule has 0 radical (unpaired) electrons. The number of carboxylic acid groups (broad SMARTS) is 1. The predicted molar refractivity (Wildman–Crippen MR) is 108 cm³/mol. The molecule has 2 aromatic rings. The van der Waals surface area contributed by atoms with Crippen molar-refractivity contribution >= 4 is 11.9 Å². The van der Waals surface area contributed by atoms with Crippen LogP contribution in [0.5, 0.6) is 5.75 Å². The first-order valence-corrected chi connectivity index (χ1v) is 9.65. The summed E-state index contributed by atoms with van der Waals surface area (Å²) in [6.07, 6.45) is 1.68. The zero-order valence-corrected chi connectivity index (χ0v) is 16.6. The number of carbonyl (C=O) groups is 2. The van der Waals surface area contributed by atoms with Crippen molar-refractivity contribution in [3.8, 4) is 16.9 Å². The molecule has 1 amide bonds. The third-order valence-corrected chi connectivity index (χ3v) is 5.87. The van der Waals surface area contributed by atoms with Gasteiger partial charge in [-0.3, -0.25) is 9.59 Å². The molecule has 5 nitrogen and oxygen atoms in total. The van der Waals surface area contributed by atoms with Crippen molar-refractivity contribution in [2.45, 2.75) is 32.2 Å². The van der Waals surface area contributed by atoms with Gasteiger partial charge in [-0.25, -0.2) is 0 Å². The van der Waals surface area contributed by atoms with Crippen molar-refractivity contribution in [3.63, 3.8) is 0 Å². The Morgan fingerprint density at radius 1 is 1.07 bits per heavy atom. The van der Waals surface area contributed by atoms with E-state index in [1.54, 1.807) is 19.1 Å². The average Bonchev–Trinajstić information content (AvgIpc) is 3.23. The molecule has 0 aromatic heterocycles. The van der Waals surface area contributed by atoms with Gasteiger partial charge in [-0.15, -0.1) is 0 Å². The molecule has 28 heavy (non-hydrogen) atoms. The Balaban J connectivity index is 1.71. The maximum Gasteiger partial charge on any atom is 0.306 e. The van der Waals surface area contributed by atoms with Crippen molar-refractivity contribution in [2.24, 2.45) is 11.8 Å². The Bertz CT molecular complexity index is 846. The summed E-state index contributed by atoms with van der Waals surface area (Å²) in [4.78, 5) is 25.7. The van der Waals surface area contributed by atoms with Crippen LogP contribution >= 0.6 is 0 Å². The van der Waals surface area contributed by atoms with E-state index in [4.69, 9.17) is 9.84 Å². The quantitative estimate of drug-likeness (QED) is 0.806. The molecule has 3 rings (SSSR count). The number of hydrogen-bond acceptors (Lipinski definition) is 3. The number of nitrogens with zero attached hydrogens (tertiary/aromatic N) is 1. The molecular formula is C23H27NO4. The summed E-state index contributed by atoms with van der Waals surface area (Å²) in [6, 6.07) is 15.9. The fourth-order valence-electron chi connectivity index (χ4n) is 3.96. The Kier molecular flexibility index (Phi) is 6.02. The highest BCUT2D eigenvalue weighted by molar-refractivity contribution is 5.81. The van der Waals surface area contributed by atoms with E-state index in [-0.39, 0.29) is 17.9 Å². The van der Waals surface area contributed by atoms with Crippen molar-refractivity contribution in [3.05, 3.63) is 54.1 Å². The van der Waals surface area contributed by atoms with Crippen LogP contribution in [0.2, 0.25) is 0 Å². The minimum absolute atomic E-state index is 0.0325. The van der Waals surface area contributed by atoms with E-state index < -0.39 is 11.9 Å². The SMILES string of the molecule is COc1ccccc1-c1ccc(C(C)N(C)C(=O)[C@@H]2CC[C@H](C(=O)O)C2)cc1. The Morgan fingerprint density at radius 3 is 2.32 bits per heavy atom. The van der Waals surface area contributed by atoms with E-state index in [0.717, 1.165) is 22.4 Å². The number of para-hydroxylation sites is 1. The van der Waals surface area contributed by atoms with Gasteiger partial charge in [0.05, 0.1) is 19.1 Å². The van der Waals surface area contributed by atoms with Crippen LogP contribution in [-0.2, 0) is 9.59 Å². The van der Waals surface area contributed by atoms with E-state index >= 15 is 0 Å². The second-order valence-electron chi connectivity index (χ2n) is 7.49. The van der Waals surface area contributed by atoms with Crippen LogP contribution in [0.4, 0.5) is 0 Å². The zero-order chi connectivity index (χ0) is 20.3. The van der Waals surface area contributed by atoms with Crippen LogP contribution in [0, 0.1) is 11.8 Å². The first kappa shape index (κ1) is 19.9. The standard InChI is InChI=1S/C23H27NO4/c1-15(24(2)22(25)18-12-13-19(14-18)23(26)27)16-8-10-17(11-9-16)20-6-4-5-7-21(20)28-3/h4-11,15,18-19H,12-14H2,1-3H3,(H,26,27)/t15?,18-,19+/m1/s1. The van der Waals surface area contributed by atoms with Gasteiger partial charge in [0.2, 0.25) is 5.91 Å². The maximum absolute atomic E-state index is 12.8. The van der Waals surface area contributed by atoms with Crippen molar-refractivity contribution < 1.29 is 19.4 Å². The maximum atomic E-state index is 12.8. The highest BCUT2D eigenvalue weighted by Crippen LogP contribution is 2.35. The second-order valence-corrected chi connectivity index (χ2v) is 7.49. The van der Waals surface area contributed by atoms with Gasteiger partial charge in [0.1, 0.15) is 5.75 Å². The van der Waals surface area contributed by atoms with Crippen LogP contribution in [-0.4, -0.2) is 36.0 Å². The van der Waals surface area contributed by atoms with Gasteiger partial charge in [0.25, 0.3) is 0 Å². The third-order valence-electron chi connectivity index (χ3n) is 5.87. The van der Waals surface area contributed by atoms with Gasteiger partial charge in [-0.2, -0.15) is 0 Å². The molecule has 1 fully saturated rings. The van der Waals surface area contributed by atoms with E-state index in [9.17, 15) is 9.59 Å². The van der Waals surface area contributed by atoms with E-state index in [1.165, 1.54) is 0 Å². The van der Waals surface area contributed by atoms with Gasteiger partial charge in [0, 0.05) is 18.5 Å². The topological polar surface area (TPSA) is 66.8 Å². The van der Waals surface area contributed by atoms with Gasteiger partial charge >= 0.3 is 5.97 Å². The minimum Gasteiger partial charge on any atom is -0.496 e. The highest BCUT2D eigenvalue weighted by Gasteiger charge is 2.36. The molecule has 2 aromatic carbocycles. The summed E-state index contributed by atoms with van der Waals surface area (Å²) in [5, 5.41) is 9.16. The molecule has 0 saturated heterocycles. The number of ether oxygens (including phenoxy) is 1. The van der Waals surface area contributed by atoms with Gasteiger partial charge in [0.15, 0.2) is 0 Å². The van der Waals surface area contributed by atoms with Crippen LogP contribution in [0.25, 0.3) is 11.1 Å². The lowest BCUT2D eigenvalue weighted by Gasteiger charge is -2.28. The van der Waals surface area contributed by atoms with Crippen molar-refractivity contribution in [1.82, 2.24) is 4.90 Å². The number of benzene rings is 2. The molecule has 5 heteroatoms. The van der Waals surface area contributed by atoms with E-state index in [1.807, 2.05) is 55.5 Å². The molecule has 0 aliphatic heterocycles. The molecule has 3 atom stereocenters. The largest absolute Gasteiger partial charge is 0.496 e. The Hall–Kier alpha value is -2.82. The number of carboxylic acids is 1. The summed E-state index contributed by atoms with van der Waals surface area (Å²) in [5.41, 5.74) is 3.13. The minimum atomic E-state index is -0.794. The summed E-state index contributed by atoms with van der Waals surface area (Å²) in [7, 11) is 3.46. The molecule has 1 N–H and O–H groups in total. The molecule has 1 aliphatic carbocycles. The summed E-state index contributed by atoms with van der Waals surface area (Å²) < 4.78 is 5.43. The number of hydrogen-bond donors (Lipinski definition) is 1. The van der Waals surface area contributed by atoms with Crippen LogP contribution in [0.3, 0.4) is 0 Å². The summed E-state index contributed by atoms with van der Waals surface area (Å²) >= 11 is 0. The van der Waals surface area contributed by atoms with Crippen molar-refractivity contribution in [1.29, 1.82) is 0 Å². The van der Waals surface area contributed by atoms with Crippen LogP contribution in [0.15, 0.2) is 48.5 Å². The first-order chi connectivity index (χ1) is 13.4. The normalized spacial score (nSPS) is 19.8. The Morgan fingerprint density at radius 2 is 1.71 bits per heavy atom. The van der Waals surface area contributed by atoms with Gasteiger partial charge in [-0.05, 0) is 43.4 Å². The van der Waals surface area contributed by atoms with Gasteiger partial charge in [-0.1, -0.05) is 42.5 Å². The molecule has 1 unspecified atom stereocenters. The number of methoxy groups -OCH3 is 1. The molecular weight excluding hydrogens is 354 g/mol. The molecule has 1 saturated carbocycles. The van der Waals surface area contributed by atoms with E-state index in [0.29, 0.717) is 19.3 Å². The predicted octanol–water partition coefficient (Wildman–Crippen LogP) is 4.38. The average molecular weight is 381 g/mol. The molecule has 1 aliphatic rings. The number of carbonyl (C=O) groups excluding carboxylic acids is 1. The van der Waals surface area contributed by atoms with Crippen LogP contribution in [0.1, 0.15) is 37.8 Å². The monoisotopic (exact) mass is 381 g/mol. The van der Waals surface area contributed by atoms with Gasteiger partial charge < -0.3 is 14.7 Å². The third kappa shape index (κ3) is 4.03. The Labute approximate surface area is 165 Å². The lowest BCUT2D eigenvalue weighted by atomic mass is 9.98. The second kappa shape index (κ2) is 8.46. The van der Waals surface area contributed by atoms with E-state index in [2.05, 4.69) is 0 Å². The molecule has 0 heterocycles. The molecule has 0 bridgehead atoms. The number of amides is 1. The molecule has 148 valence electrons. The fourth-order valence-corrected chi connectivity index (χ4v) is 3.96. The first-order valence-electron chi connectivity index (χ1n) is 9.65. The molecule has 0 spiro atoms. The number of rotatable bonds is 6. The van der Waals surface area contributed by atoms with Crippen LogP contribution < -0.4 is 4.74 Å². The number of aliphatic carboxylic acids is 1. The lowest BCUT2D eigenvalue weighted by Crippen LogP contribution is -2.34. The summed E-state index contributed by atoms with van der Waals surface area (Å²) in [5.74, 6) is -0.521. The summed E-state index contributed by atoms with van der Waals surface area (Å²) in [6.45, 7) is 2.00. The lowest BCUT2D eigenvalue weighted by molar-refractivity contribution is -0.141. The smallest absolute Gasteiger partial charge is 0.306 e. The fraction of sp³-hybridized carbons (Fsp3) is 0.391.